The lowest BCUT2D eigenvalue weighted by atomic mass is 9.59. The van der Waals surface area contributed by atoms with Crippen molar-refractivity contribution < 1.29 is 31.4 Å². The van der Waals surface area contributed by atoms with Crippen molar-refractivity contribution in [1.82, 2.24) is 14.9 Å². The zero-order chi connectivity index (χ0) is 27.6. The van der Waals surface area contributed by atoms with Crippen LogP contribution in [0.1, 0.15) is 61.3 Å². The second kappa shape index (κ2) is 9.35. The van der Waals surface area contributed by atoms with Crippen LogP contribution in [0.4, 0.5) is 22.0 Å². The Morgan fingerprint density at radius 2 is 1.87 bits per heavy atom. The Morgan fingerprint density at radius 3 is 2.54 bits per heavy atom. The van der Waals surface area contributed by atoms with Gasteiger partial charge < -0.3 is 14.5 Å². The number of hydrogen-bond donors (Lipinski definition) is 1. The molecule has 2 aromatic heterocycles. The SMILES string of the molecule is COc1cc(C)c2[nH]ccc2c1CN1CCC2(C[C@H]1c1cnc(OCC3CC(F)(F)C3)c(F)c1)CC(F)(F)C2. The smallest absolute Gasteiger partial charge is 0.250 e. The summed E-state index contributed by atoms with van der Waals surface area (Å²) >= 11 is 0. The minimum atomic E-state index is -2.67. The molecule has 3 aromatic rings. The molecule has 210 valence electrons. The van der Waals surface area contributed by atoms with Crippen molar-refractivity contribution in [3.05, 3.63) is 53.1 Å². The molecule has 10 heteroatoms. The normalized spacial score (nSPS) is 23.9. The number of alkyl halides is 4. The number of likely N-dealkylation sites (tertiary alicyclic amines) is 1. The first-order chi connectivity index (χ1) is 18.5. The lowest BCUT2D eigenvalue weighted by Gasteiger charge is -2.54. The molecule has 3 aliphatic rings. The fourth-order valence-corrected chi connectivity index (χ4v) is 6.87. The minimum Gasteiger partial charge on any atom is -0.496 e. The van der Waals surface area contributed by atoms with Gasteiger partial charge in [-0.1, -0.05) is 0 Å². The second-order valence-corrected chi connectivity index (χ2v) is 11.8. The lowest BCUT2D eigenvalue weighted by molar-refractivity contribution is -0.186. The van der Waals surface area contributed by atoms with E-state index in [0.29, 0.717) is 31.5 Å². The molecule has 3 fully saturated rings. The number of H-pyrrole nitrogens is 1. The van der Waals surface area contributed by atoms with E-state index in [1.54, 1.807) is 7.11 Å². The van der Waals surface area contributed by atoms with E-state index in [2.05, 4.69) is 14.9 Å². The fourth-order valence-electron chi connectivity index (χ4n) is 6.87. The first-order valence-corrected chi connectivity index (χ1v) is 13.4. The van der Waals surface area contributed by atoms with Gasteiger partial charge in [0.15, 0.2) is 5.82 Å². The number of ether oxygens (including phenoxy) is 2. The van der Waals surface area contributed by atoms with Gasteiger partial charge in [-0.2, -0.15) is 0 Å². The van der Waals surface area contributed by atoms with Crippen LogP contribution in [0.5, 0.6) is 11.6 Å². The van der Waals surface area contributed by atoms with E-state index in [1.165, 1.54) is 12.3 Å². The van der Waals surface area contributed by atoms with Crippen molar-refractivity contribution in [2.24, 2.45) is 11.3 Å². The number of rotatable bonds is 7. The van der Waals surface area contributed by atoms with Crippen molar-refractivity contribution >= 4 is 10.9 Å². The third-order valence-electron chi connectivity index (χ3n) is 8.80. The molecule has 1 aliphatic heterocycles. The molecule has 2 aliphatic carbocycles. The summed E-state index contributed by atoms with van der Waals surface area (Å²) in [6.45, 7) is 3.04. The quantitative estimate of drug-likeness (QED) is 0.317. The summed E-state index contributed by atoms with van der Waals surface area (Å²) in [4.78, 5) is 9.64. The van der Waals surface area contributed by atoms with Crippen LogP contribution in [0.15, 0.2) is 30.6 Å². The van der Waals surface area contributed by atoms with Crippen LogP contribution < -0.4 is 9.47 Å². The predicted octanol–water partition coefficient (Wildman–Crippen LogP) is 7.20. The van der Waals surface area contributed by atoms with Crippen LogP contribution in [-0.2, 0) is 6.54 Å². The van der Waals surface area contributed by atoms with Gasteiger partial charge in [0.25, 0.3) is 0 Å². The van der Waals surface area contributed by atoms with Gasteiger partial charge in [-0.3, -0.25) is 4.90 Å². The van der Waals surface area contributed by atoms with Crippen LogP contribution in [-0.4, -0.2) is 47.0 Å². The van der Waals surface area contributed by atoms with E-state index in [-0.39, 0.29) is 50.1 Å². The van der Waals surface area contributed by atoms with Crippen LogP contribution in [0.2, 0.25) is 0 Å². The van der Waals surface area contributed by atoms with Crippen molar-refractivity contribution in [2.45, 2.75) is 69.9 Å². The number of benzene rings is 1. The summed E-state index contributed by atoms with van der Waals surface area (Å²) in [5.41, 5.74) is 3.12. The first-order valence-electron chi connectivity index (χ1n) is 13.4. The number of nitrogens with one attached hydrogen (secondary N) is 1. The number of halogens is 5. The van der Waals surface area contributed by atoms with E-state index in [4.69, 9.17) is 9.47 Å². The summed E-state index contributed by atoms with van der Waals surface area (Å²) in [7, 11) is 1.62. The number of nitrogens with zero attached hydrogens (tertiary/aromatic N) is 2. The molecule has 0 unspecified atom stereocenters. The Hall–Kier alpha value is -2.88. The van der Waals surface area contributed by atoms with Crippen molar-refractivity contribution in [3.8, 4) is 11.6 Å². The molecule has 0 bridgehead atoms. The van der Waals surface area contributed by atoms with Gasteiger partial charge in [0.1, 0.15) is 5.75 Å². The highest BCUT2D eigenvalue weighted by Gasteiger charge is 2.58. The number of aromatic amines is 1. The molecule has 1 spiro atoms. The van der Waals surface area contributed by atoms with Gasteiger partial charge in [0.05, 0.1) is 13.7 Å². The van der Waals surface area contributed by atoms with E-state index in [0.717, 1.165) is 27.8 Å². The highest BCUT2D eigenvalue weighted by molar-refractivity contribution is 5.88. The molecule has 1 atom stereocenters. The number of hydrogen-bond acceptors (Lipinski definition) is 4. The molecule has 1 N–H and O–H groups in total. The van der Waals surface area contributed by atoms with Crippen LogP contribution in [0.25, 0.3) is 10.9 Å². The van der Waals surface area contributed by atoms with Crippen molar-refractivity contribution in [2.75, 3.05) is 20.3 Å². The summed E-state index contributed by atoms with van der Waals surface area (Å²) in [6.07, 6.45) is 3.63. The Kier molecular flexibility index (Phi) is 6.32. The van der Waals surface area contributed by atoms with Gasteiger partial charge in [-0.25, -0.2) is 26.9 Å². The number of piperidine rings is 1. The molecule has 1 aromatic carbocycles. The third kappa shape index (κ3) is 4.96. The summed E-state index contributed by atoms with van der Waals surface area (Å²) in [6, 6.07) is 4.99. The van der Waals surface area contributed by atoms with Gasteiger partial charge in [-0.15, -0.1) is 0 Å². The third-order valence-corrected chi connectivity index (χ3v) is 8.80. The van der Waals surface area contributed by atoms with Crippen molar-refractivity contribution in [1.29, 1.82) is 0 Å². The van der Waals surface area contributed by atoms with Crippen LogP contribution in [0, 0.1) is 24.1 Å². The standard InChI is InChI=1S/C29H32F5N3O2/c1-17-7-24(38-2)21(20-3-5-35-25(17)20)13-37-6-4-27(15-29(33,34)16-27)11-23(37)19-8-22(30)26(36-12-19)39-14-18-9-28(31,32)10-18/h3,5,7-8,12,18,23,35H,4,6,9-11,13-16H2,1-2H3/t23-/m0/s1. The van der Waals surface area contributed by atoms with Crippen molar-refractivity contribution in [3.63, 3.8) is 0 Å². The Bertz CT molecular complexity index is 1370. The highest BCUT2D eigenvalue weighted by atomic mass is 19.3. The number of aryl methyl sites for hydroxylation is 1. The monoisotopic (exact) mass is 549 g/mol. The molecule has 3 heterocycles. The highest BCUT2D eigenvalue weighted by Crippen LogP contribution is 2.60. The number of methoxy groups -OCH3 is 1. The Balaban J connectivity index is 1.27. The molecule has 6 rings (SSSR count). The maximum Gasteiger partial charge on any atom is 0.250 e. The van der Waals surface area contributed by atoms with Gasteiger partial charge in [-0.05, 0) is 61.1 Å². The molecule has 39 heavy (non-hydrogen) atoms. The second-order valence-electron chi connectivity index (χ2n) is 11.8. The summed E-state index contributed by atoms with van der Waals surface area (Å²) < 4.78 is 80.5. The largest absolute Gasteiger partial charge is 0.496 e. The zero-order valence-corrected chi connectivity index (χ0v) is 22.0. The maximum absolute atomic E-state index is 15.1. The molecule has 0 radical (unpaired) electrons. The molecule has 1 saturated heterocycles. The summed E-state index contributed by atoms with van der Waals surface area (Å²) in [5.74, 6) is -5.83. The number of aromatic nitrogens is 2. The zero-order valence-electron chi connectivity index (χ0n) is 22.0. The topological polar surface area (TPSA) is 50.4 Å². The Morgan fingerprint density at radius 1 is 1.10 bits per heavy atom. The van der Waals surface area contributed by atoms with Crippen LogP contribution >= 0.6 is 0 Å². The van der Waals surface area contributed by atoms with E-state index >= 15 is 4.39 Å². The molecule has 5 nitrogen and oxygen atoms in total. The average Bonchev–Trinajstić information content (AvgIpc) is 3.34. The minimum absolute atomic E-state index is 0.0213. The summed E-state index contributed by atoms with van der Waals surface area (Å²) in [5, 5.41) is 1.02. The lowest BCUT2D eigenvalue weighted by Crippen LogP contribution is -2.53. The maximum atomic E-state index is 15.1. The van der Waals surface area contributed by atoms with Crippen LogP contribution in [0.3, 0.4) is 0 Å². The average molecular weight is 550 g/mol. The Labute approximate surface area is 223 Å². The van der Waals surface area contributed by atoms with Gasteiger partial charge in [0.2, 0.25) is 17.7 Å². The van der Waals surface area contributed by atoms with Gasteiger partial charge in [0, 0.05) is 73.0 Å². The predicted molar refractivity (Wildman–Crippen MR) is 136 cm³/mol. The number of pyridine rings is 1. The molecular formula is C29H32F5N3O2. The first kappa shape index (κ1) is 26.3. The molecule has 2 saturated carbocycles. The van der Waals surface area contributed by atoms with E-state index < -0.39 is 23.1 Å². The van der Waals surface area contributed by atoms with Gasteiger partial charge >= 0.3 is 0 Å². The molecule has 0 amide bonds. The molecular weight excluding hydrogens is 517 g/mol. The van der Waals surface area contributed by atoms with E-state index in [1.807, 2.05) is 25.3 Å². The number of fused-ring (bicyclic) bond motifs is 1. The van der Waals surface area contributed by atoms with E-state index in [9.17, 15) is 17.6 Å². The fraction of sp³-hybridized carbons (Fsp3) is 0.552.